The lowest BCUT2D eigenvalue weighted by Crippen LogP contribution is -2.26. The van der Waals surface area contributed by atoms with Gasteiger partial charge in [-0.25, -0.2) is 14.4 Å². The molecule has 0 radical (unpaired) electrons. The Morgan fingerprint density at radius 2 is 0.791 bits per heavy atom. The summed E-state index contributed by atoms with van der Waals surface area (Å²) in [4.78, 5) is 38.1. The van der Waals surface area contributed by atoms with Crippen LogP contribution in [0, 0.1) is 17.8 Å². The first-order valence-electron chi connectivity index (χ1n) is 15.9. The van der Waals surface area contributed by atoms with Gasteiger partial charge in [0, 0.05) is 0 Å². The predicted molar refractivity (Wildman–Crippen MR) is 181 cm³/mol. The summed E-state index contributed by atoms with van der Waals surface area (Å²) in [5, 5.41) is 31.3. The highest BCUT2D eigenvalue weighted by Crippen LogP contribution is 2.43. The minimum absolute atomic E-state index is 0.317. The SMILES string of the molecule is CCCCC(CC)CSC(O)C(=O)OP(OC(=O)C(O)SCC(CC)CCCC)OC(=O)C(O)SCC(CC)CCCC. The molecule has 0 aliphatic carbocycles. The fraction of sp³-hybridized carbons (Fsp3) is 0.900. The topological polar surface area (TPSA) is 140 Å². The van der Waals surface area contributed by atoms with Crippen LogP contribution in [0.2, 0.25) is 0 Å². The van der Waals surface area contributed by atoms with E-state index < -0.39 is 42.8 Å². The van der Waals surface area contributed by atoms with Gasteiger partial charge in [0.25, 0.3) is 0 Å². The highest BCUT2D eigenvalue weighted by molar-refractivity contribution is 8.00. The minimum atomic E-state index is -2.96. The van der Waals surface area contributed by atoms with Gasteiger partial charge in [-0.2, -0.15) is 0 Å². The van der Waals surface area contributed by atoms with E-state index >= 15 is 0 Å². The van der Waals surface area contributed by atoms with Gasteiger partial charge in [0.1, 0.15) is 0 Å². The maximum atomic E-state index is 12.7. The van der Waals surface area contributed by atoms with Crippen LogP contribution < -0.4 is 0 Å². The molecule has 6 unspecified atom stereocenters. The molecule has 0 amide bonds. The summed E-state index contributed by atoms with van der Waals surface area (Å²) < 4.78 is 15.4. The van der Waals surface area contributed by atoms with Gasteiger partial charge in [-0.1, -0.05) is 99.3 Å². The quantitative estimate of drug-likeness (QED) is 0.0577. The molecule has 0 heterocycles. The summed E-state index contributed by atoms with van der Waals surface area (Å²) in [6.07, 6.45) is 11.9. The van der Waals surface area contributed by atoms with Gasteiger partial charge in [-0.05, 0) is 54.3 Å². The van der Waals surface area contributed by atoms with Crippen LogP contribution in [-0.4, -0.2) is 66.8 Å². The molecule has 0 fully saturated rings. The third kappa shape index (κ3) is 20.5. The van der Waals surface area contributed by atoms with E-state index in [2.05, 4.69) is 41.5 Å². The third-order valence-electron chi connectivity index (χ3n) is 7.20. The molecule has 13 heteroatoms. The molecule has 0 spiro atoms. The summed E-state index contributed by atoms with van der Waals surface area (Å²) in [5.41, 5.74) is -4.74. The highest BCUT2D eigenvalue weighted by Gasteiger charge is 2.35. The fourth-order valence-corrected chi connectivity index (χ4v) is 8.18. The molecule has 0 aliphatic heterocycles. The van der Waals surface area contributed by atoms with Crippen molar-refractivity contribution in [3.05, 3.63) is 0 Å². The minimum Gasteiger partial charge on any atom is -0.372 e. The van der Waals surface area contributed by atoms with E-state index in [1.807, 2.05) is 0 Å². The van der Waals surface area contributed by atoms with Crippen LogP contribution in [0.3, 0.4) is 0 Å². The monoisotopic (exact) mass is 688 g/mol. The molecule has 43 heavy (non-hydrogen) atoms. The van der Waals surface area contributed by atoms with Crippen molar-refractivity contribution in [3.63, 3.8) is 0 Å². The Morgan fingerprint density at radius 3 is 1.00 bits per heavy atom. The molecule has 0 aromatic carbocycles. The maximum Gasteiger partial charge on any atom is 0.537 e. The van der Waals surface area contributed by atoms with Gasteiger partial charge in [0.05, 0.1) is 0 Å². The number of aliphatic hydroxyl groups excluding tert-OH is 3. The summed E-state index contributed by atoms with van der Waals surface area (Å²) in [5.74, 6) is -0.827. The smallest absolute Gasteiger partial charge is 0.372 e. The summed E-state index contributed by atoms with van der Waals surface area (Å²) in [7, 11) is -2.96. The largest absolute Gasteiger partial charge is 0.537 e. The lowest BCUT2D eigenvalue weighted by Gasteiger charge is -2.21. The van der Waals surface area contributed by atoms with Crippen molar-refractivity contribution < 1.29 is 43.3 Å². The Kier molecular flexibility index (Phi) is 26.8. The standard InChI is InChI=1S/C30H57O9PS3/c1-7-13-16-22(10-4)19-41-28(34)25(31)37-40(38-26(32)29(35)42-20-23(11-5)17-14-8-2)39-27(33)30(36)43-21-24(12-6)18-15-9-3/h22-24,28-30,34-36H,7-21H2,1-6H3. The fourth-order valence-electron chi connectivity index (χ4n) is 3.99. The molecule has 6 atom stereocenters. The molecule has 0 aromatic heterocycles. The Bertz CT molecular complexity index is 655. The number of aliphatic hydroxyl groups is 3. The molecule has 9 nitrogen and oxygen atoms in total. The zero-order valence-corrected chi connectivity index (χ0v) is 30.4. The van der Waals surface area contributed by atoms with E-state index in [1.54, 1.807) is 0 Å². The van der Waals surface area contributed by atoms with Crippen LogP contribution in [0.4, 0.5) is 0 Å². The van der Waals surface area contributed by atoms with Gasteiger partial charge >= 0.3 is 26.5 Å². The van der Waals surface area contributed by atoms with Gasteiger partial charge in [0.15, 0.2) is 16.3 Å². The molecular formula is C30H57O9PS3. The molecule has 0 bridgehead atoms. The molecule has 0 saturated heterocycles. The molecule has 0 rings (SSSR count). The summed E-state index contributed by atoms with van der Waals surface area (Å²) in [6, 6.07) is 0. The Hall–Kier alpha value is -0.230. The maximum absolute atomic E-state index is 12.7. The molecule has 0 aromatic rings. The predicted octanol–water partition coefficient (Wildman–Crippen LogP) is 7.65. The number of carbonyl (C=O) groups is 3. The van der Waals surface area contributed by atoms with Crippen molar-refractivity contribution in [1.82, 2.24) is 0 Å². The highest BCUT2D eigenvalue weighted by atomic mass is 32.2. The number of thioether (sulfide) groups is 3. The number of hydrogen-bond donors (Lipinski definition) is 3. The van der Waals surface area contributed by atoms with E-state index in [1.165, 1.54) is 0 Å². The van der Waals surface area contributed by atoms with E-state index in [0.29, 0.717) is 35.0 Å². The van der Waals surface area contributed by atoms with Crippen LogP contribution in [0.5, 0.6) is 0 Å². The Balaban J connectivity index is 5.35. The lowest BCUT2D eigenvalue weighted by molar-refractivity contribution is -0.148. The number of carbonyl (C=O) groups excluding carboxylic acids is 3. The zero-order chi connectivity index (χ0) is 32.6. The average Bonchev–Trinajstić information content (AvgIpc) is 3.00. The van der Waals surface area contributed by atoms with Crippen LogP contribution >= 0.6 is 43.9 Å². The second-order valence-corrected chi connectivity index (χ2v) is 15.1. The molecule has 0 aliphatic rings. The van der Waals surface area contributed by atoms with Gasteiger partial charge in [-0.3, -0.25) is 0 Å². The van der Waals surface area contributed by atoms with Crippen LogP contribution in [0.15, 0.2) is 0 Å². The Morgan fingerprint density at radius 1 is 0.535 bits per heavy atom. The zero-order valence-electron chi connectivity index (χ0n) is 27.0. The first-order valence-corrected chi connectivity index (χ1v) is 20.1. The second kappa shape index (κ2) is 26.9. The van der Waals surface area contributed by atoms with E-state index in [-0.39, 0.29) is 0 Å². The van der Waals surface area contributed by atoms with Gasteiger partial charge < -0.3 is 28.9 Å². The normalized spacial score (nSPS) is 16.4. The van der Waals surface area contributed by atoms with Crippen molar-refractivity contribution in [2.45, 2.75) is 135 Å². The van der Waals surface area contributed by atoms with Crippen molar-refractivity contribution in [1.29, 1.82) is 0 Å². The molecule has 0 saturated carbocycles. The molecule has 3 N–H and O–H groups in total. The lowest BCUT2D eigenvalue weighted by atomic mass is 10.0. The second-order valence-electron chi connectivity index (χ2n) is 10.8. The van der Waals surface area contributed by atoms with Crippen LogP contribution in [0.25, 0.3) is 0 Å². The Labute approximate surface area is 274 Å². The first-order chi connectivity index (χ1) is 20.6. The summed E-state index contributed by atoms with van der Waals surface area (Å²) in [6.45, 7) is 12.5. The average molecular weight is 689 g/mol. The van der Waals surface area contributed by atoms with Crippen LogP contribution in [0.1, 0.15) is 119 Å². The van der Waals surface area contributed by atoms with E-state index in [4.69, 9.17) is 13.6 Å². The number of hydrogen-bond acceptors (Lipinski definition) is 12. The first kappa shape index (κ1) is 42.8. The van der Waals surface area contributed by atoms with Crippen molar-refractivity contribution in [2.24, 2.45) is 17.8 Å². The van der Waals surface area contributed by atoms with Crippen molar-refractivity contribution >= 4 is 61.8 Å². The third-order valence-corrected chi connectivity index (χ3v) is 11.7. The van der Waals surface area contributed by atoms with Crippen molar-refractivity contribution in [2.75, 3.05) is 17.3 Å². The van der Waals surface area contributed by atoms with Gasteiger partial charge in [0.2, 0.25) is 0 Å². The number of rotatable bonds is 27. The molecular weight excluding hydrogens is 631 g/mol. The van der Waals surface area contributed by atoms with Crippen molar-refractivity contribution in [3.8, 4) is 0 Å². The van der Waals surface area contributed by atoms with Crippen LogP contribution in [-0.2, 0) is 28.0 Å². The number of unbranched alkanes of at least 4 members (excludes halogenated alkanes) is 3. The van der Waals surface area contributed by atoms with E-state index in [9.17, 15) is 29.7 Å². The molecule has 254 valence electrons. The van der Waals surface area contributed by atoms with Gasteiger partial charge in [-0.15, -0.1) is 35.3 Å². The summed E-state index contributed by atoms with van der Waals surface area (Å²) >= 11 is 3.01. The van der Waals surface area contributed by atoms with E-state index in [0.717, 1.165) is 112 Å².